The van der Waals surface area contributed by atoms with Crippen molar-refractivity contribution in [3.05, 3.63) is 53.0 Å². The van der Waals surface area contributed by atoms with Crippen LogP contribution in [0.3, 0.4) is 0 Å². The summed E-state index contributed by atoms with van der Waals surface area (Å²) >= 11 is 0. The minimum Gasteiger partial charge on any atom is -0.365 e. The van der Waals surface area contributed by atoms with Crippen LogP contribution < -0.4 is 10.6 Å². The van der Waals surface area contributed by atoms with Crippen LogP contribution in [0.1, 0.15) is 47.2 Å². The van der Waals surface area contributed by atoms with Crippen molar-refractivity contribution < 1.29 is 9.59 Å². The first-order chi connectivity index (χ1) is 14.1. The summed E-state index contributed by atoms with van der Waals surface area (Å²) < 4.78 is 0. The highest BCUT2D eigenvalue weighted by atomic mass is 16.2. The van der Waals surface area contributed by atoms with Gasteiger partial charge in [0.05, 0.1) is 0 Å². The number of rotatable bonds is 5. The molecule has 1 aromatic heterocycles. The fourth-order valence-electron chi connectivity index (χ4n) is 4.05. The van der Waals surface area contributed by atoms with E-state index in [2.05, 4.69) is 27.8 Å². The van der Waals surface area contributed by atoms with E-state index in [1.807, 2.05) is 23.1 Å². The normalized spacial score (nSPS) is 18.7. The number of aryl methyl sites for hydroxylation is 2. The summed E-state index contributed by atoms with van der Waals surface area (Å²) in [5, 5.41) is 6.41. The van der Waals surface area contributed by atoms with Crippen molar-refractivity contribution in [1.29, 1.82) is 0 Å². The predicted molar refractivity (Wildman–Crippen MR) is 111 cm³/mol. The zero-order valence-corrected chi connectivity index (χ0v) is 16.8. The average Bonchev–Trinajstić information content (AvgIpc) is 2.74. The van der Waals surface area contributed by atoms with E-state index in [4.69, 9.17) is 4.98 Å². The molecule has 2 amide bonds. The molecule has 3 heterocycles. The van der Waals surface area contributed by atoms with Crippen LogP contribution in [0.25, 0.3) is 0 Å². The third-order valence-corrected chi connectivity index (χ3v) is 5.62. The molecule has 1 unspecified atom stereocenters. The van der Waals surface area contributed by atoms with E-state index in [9.17, 15) is 9.59 Å². The molecule has 0 radical (unpaired) electrons. The minimum absolute atomic E-state index is 0.101. The van der Waals surface area contributed by atoms with Gasteiger partial charge in [-0.05, 0) is 31.2 Å². The molecular formula is C22H27N5O2. The van der Waals surface area contributed by atoms with Gasteiger partial charge in [-0.25, -0.2) is 9.97 Å². The molecule has 2 aliphatic heterocycles. The van der Waals surface area contributed by atoms with Crippen molar-refractivity contribution in [2.75, 3.05) is 25.0 Å². The van der Waals surface area contributed by atoms with E-state index in [1.165, 1.54) is 5.56 Å². The molecule has 152 valence electrons. The smallest absolute Gasteiger partial charge is 0.270 e. The van der Waals surface area contributed by atoms with Crippen LogP contribution in [0.15, 0.2) is 30.3 Å². The van der Waals surface area contributed by atoms with E-state index >= 15 is 0 Å². The van der Waals surface area contributed by atoms with Crippen LogP contribution in [-0.2, 0) is 24.1 Å². The first kappa shape index (κ1) is 19.4. The van der Waals surface area contributed by atoms with E-state index in [0.717, 1.165) is 37.2 Å². The van der Waals surface area contributed by atoms with Crippen molar-refractivity contribution in [2.24, 2.45) is 0 Å². The molecule has 29 heavy (non-hydrogen) atoms. The highest BCUT2D eigenvalue weighted by molar-refractivity contribution is 5.96. The van der Waals surface area contributed by atoms with Crippen molar-refractivity contribution >= 4 is 17.6 Å². The molecule has 2 aromatic rings. The Morgan fingerprint density at radius 1 is 1.24 bits per heavy atom. The summed E-state index contributed by atoms with van der Waals surface area (Å²) in [6, 6.07) is 10.4. The number of amides is 2. The zero-order valence-electron chi connectivity index (χ0n) is 16.8. The van der Waals surface area contributed by atoms with Crippen molar-refractivity contribution in [3.8, 4) is 0 Å². The molecule has 2 N–H and O–H groups in total. The molecule has 7 nitrogen and oxygen atoms in total. The predicted octanol–water partition coefficient (Wildman–Crippen LogP) is 1.97. The molecule has 1 aromatic carbocycles. The third kappa shape index (κ3) is 4.55. The lowest BCUT2D eigenvalue weighted by atomic mass is 10.0. The molecule has 2 aliphatic rings. The van der Waals surface area contributed by atoms with Crippen LogP contribution in [0.5, 0.6) is 0 Å². The number of fused-ring (bicyclic) bond motifs is 1. The molecule has 1 saturated heterocycles. The SMILES string of the molecule is CC(=O)N1CCCC(Nc2nc(CCc3ccccc3)nc3c2CCNC3=O)C1. The molecule has 0 bridgehead atoms. The fourth-order valence-corrected chi connectivity index (χ4v) is 4.05. The van der Waals surface area contributed by atoms with Gasteiger partial charge in [-0.15, -0.1) is 0 Å². The maximum atomic E-state index is 12.4. The molecule has 0 spiro atoms. The number of anilines is 1. The van der Waals surface area contributed by atoms with Crippen molar-refractivity contribution in [2.45, 2.75) is 45.1 Å². The number of piperidine rings is 1. The Balaban J connectivity index is 1.57. The largest absolute Gasteiger partial charge is 0.365 e. The van der Waals surface area contributed by atoms with E-state index in [1.54, 1.807) is 6.92 Å². The standard InChI is InChI=1S/C22H27N5O2/c1-15(28)27-13-5-8-17(14-27)24-21-18-11-12-23-22(29)20(18)25-19(26-21)10-9-16-6-3-2-4-7-16/h2-4,6-7,17H,5,8-14H2,1H3,(H,23,29)(H,24,25,26). The van der Waals surface area contributed by atoms with Crippen LogP contribution >= 0.6 is 0 Å². The second-order valence-electron chi connectivity index (χ2n) is 7.76. The van der Waals surface area contributed by atoms with Crippen LogP contribution in [0, 0.1) is 0 Å². The van der Waals surface area contributed by atoms with Gasteiger partial charge < -0.3 is 15.5 Å². The lowest BCUT2D eigenvalue weighted by molar-refractivity contribution is -0.129. The topological polar surface area (TPSA) is 87.2 Å². The van der Waals surface area contributed by atoms with Crippen LogP contribution in [-0.4, -0.2) is 52.4 Å². The van der Waals surface area contributed by atoms with Gasteiger partial charge in [-0.2, -0.15) is 0 Å². The number of carbonyl (C=O) groups is 2. The van der Waals surface area contributed by atoms with Gasteiger partial charge in [0.1, 0.15) is 17.3 Å². The zero-order chi connectivity index (χ0) is 20.2. The quantitative estimate of drug-likeness (QED) is 0.811. The van der Waals surface area contributed by atoms with E-state index in [-0.39, 0.29) is 17.9 Å². The second-order valence-corrected chi connectivity index (χ2v) is 7.76. The Hall–Kier alpha value is -2.96. The Labute approximate surface area is 170 Å². The molecule has 7 heteroatoms. The number of nitrogens with one attached hydrogen (secondary N) is 2. The summed E-state index contributed by atoms with van der Waals surface area (Å²) in [6.45, 7) is 3.68. The number of hydrogen-bond donors (Lipinski definition) is 2. The Morgan fingerprint density at radius 3 is 2.86 bits per heavy atom. The van der Waals surface area contributed by atoms with E-state index < -0.39 is 0 Å². The molecule has 1 fully saturated rings. The summed E-state index contributed by atoms with van der Waals surface area (Å²) in [4.78, 5) is 35.4. The van der Waals surface area contributed by atoms with Gasteiger partial charge in [-0.1, -0.05) is 30.3 Å². The average molecular weight is 393 g/mol. The number of hydrogen-bond acceptors (Lipinski definition) is 5. The van der Waals surface area contributed by atoms with Gasteiger partial charge in [0.2, 0.25) is 5.91 Å². The Morgan fingerprint density at radius 2 is 2.07 bits per heavy atom. The van der Waals surface area contributed by atoms with Gasteiger partial charge in [-0.3, -0.25) is 9.59 Å². The summed E-state index contributed by atoms with van der Waals surface area (Å²) in [5.41, 5.74) is 2.59. The third-order valence-electron chi connectivity index (χ3n) is 5.62. The number of carbonyl (C=O) groups excluding carboxylic acids is 2. The Bertz CT molecular complexity index is 900. The number of likely N-dealkylation sites (tertiary alicyclic amines) is 1. The van der Waals surface area contributed by atoms with Gasteiger partial charge in [0, 0.05) is 44.6 Å². The second kappa shape index (κ2) is 8.59. The number of aromatic nitrogens is 2. The minimum atomic E-state index is -0.133. The lowest BCUT2D eigenvalue weighted by Gasteiger charge is -2.33. The lowest BCUT2D eigenvalue weighted by Crippen LogP contribution is -2.44. The summed E-state index contributed by atoms with van der Waals surface area (Å²) in [6.07, 6.45) is 4.15. The van der Waals surface area contributed by atoms with Crippen LogP contribution in [0.2, 0.25) is 0 Å². The molecule has 0 saturated carbocycles. The molecule has 0 aliphatic carbocycles. The number of benzene rings is 1. The van der Waals surface area contributed by atoms with Crippen molar-refractivity contribution in [3.63, 3.8) is 0 Å². The summed E-state index contributed by atoms with van der Waals surface area (Å²) in [7, 11) is 0. The first-order valence-corrected chi connectivity index (χ1v) is 10.3. The molecular weight excluding hydrogens is 366 g/mol. The van der Waals surface area contributed by atoms with E-state index in [0.29, 0.717) is 37.4 Å². The van der Waals surface area contributed by atoms with Crippen molar-refractivity contribution in [1.82, 2.24) is 20.2 Å². The fraction of sp³-hybridized carbons (Fsp3) is 0.455. The molecule has 1 atom stereocenters. The monoisotopic (exact) mass is 393 g/mol. The Kier molecular flexibility index (Phi) is 5.74. The maximum absolute atomic E-state index is 12.4. The van der Waals surface area contributed by atoms with Gasteiger partial charge >= 0.3 is 0 Å². The summed E-state index contributed by atoms with van der Waals surface area (Å²) in [5.74, 6) is 1.39. The molecule has 4 rings (SSSR count). The number of nitrogens with zero attached hydrogens (tertiary/aromatic N) is 3. The van der Waals surface area contributed by atoms with Gasteiger partial charge in [0.25, 0.3) is 5.91 Å². The highest BCUT2D eigenvalue weighted by Gasteiger charge is 2.27. The maximum Gasteiger partial charge on any atom is 0.270 e. The first-order valence-electron chi connectivity index (χ1n) is 10.3. The van der Waals surface area contributed by atoms with Crippen LogP contribution in [0.4, 0.5) is 5.82 Å². The van der Waals surface area contributed by atoms with Gasteiger partial charge in [0.15, 0.2) is 0 Å². The highest BCUT2D eigenvalue weighted by Crippen LogP contribution is 2.24.